The lowest BCUT2D eigenvalue weighted by Gasteiger charge is -2.04. The van der Waals surface area contributed by atoms with Gasteiger partial charge in [-0.1, -0.05) is 16.4 Å². The van der Waals surface area contributed by atoms with Crippen LogP contribution in [0.4, 0.5) is 16.6 Å². The van der Waals surface area contributed by atoms with Crippen LogP contribution in [-0.2, 0) is 19.5 Å². The van der Waals surface area contributed by atoms with Gasteiger partial charge in [-0.05, 0) is 49.4 Å². The predicted octanol–water partition coefficient (Wildman–Crippen LogP) is 4.46. The van der Waals surface area contributed by atoms with Crippen molar-refractivity contribution in [2.45, 2.75) is 16.7 Å². The maximum absolute atomic E-state index is 11.2. The van der Waals surface area contributed by atoms with E-state index in [1.165, 1.54) is 40.3 Å². The molecule has 0 bridgehead atoms. The Balaban J connectivity index is 1.60. The summed E-state index contributed by atoms with van der Waals surface area (Å²) < 4.78 is 38.2. The van der Waals surface area contributed by atoms with E-state index in [0.717, 1.165) is 16.7 Å². The van der Waals surface area contributed by atoms with E-state index in [-0.39, 0.29) is 10.7 Å². The standard InChI is InChI=1S/C17H14N6O6S3/c1-9-15(16(18)23(22-9)10-2-5-12(6-3-10)32(25,26)27)20-21-17-19-13-7-4-11(31-29-28-24)8-14(13)30-17/h2-8,24H,18H2,1H3,(H,25,26,27). The van der Waals surface area contributed by atoms with Gasteiger partial charge in [0, 0.05) is 4.90 Å². The predicted molar refractivity (Wildman–Crippen MR) is 117 cm³/mol. The summed E-state index contributed by atoms with van der Waals surface area (Å²) in [6.45, 7) is 1.71. The topological polar surface area (TPSA) is 175 Å². The number of aromatic nitrogens is 3. The van der Waals surface area contributed by atoms with E-state index < -0.39 is 10.1 Å². The Labute approximate surface area is 189 Å². The first-order valence-electron chi connectivity index (χ1n) is 8.66. The Kier molecular flexibility index (Phi) is 6.20. The molecule has 0 aliphatic carbocycles. The van der Waals surface area contributed by atoms with E-state index in [4.69, 9.17) is 15.5 Å². The van der Waals surface area contributed by atoms with Crippen molar-refractivity contribution in [3.8, 4) is 5.69 Å². The Bertz CT molecular complexity index is 1410. The number of hydrogen-bond acceptors (Lipinski definition) is 12. The van der Waals surface area contributed by atoms with Crippen LogP contribution in [0.2, 0.25) is 0 Å². The van der Waals surface area contributed by atoms with E-state index in [9.17, 15) is 8.42 Å². The van der Waals surface area contributed by atoms with Gasteiger partial charge >= 0.3 is 0 Å². The first kappa shape index (κ1) is 22.3. The van der Waals surface area contributed by atoms with Crippen LogP contribution >= 0.6 is 23.4 Å². The van der Waals surface area contributed by atoms with E-state index >= 15 is 0 Å². The molecule has 0 fully saturated rings. The number of benzene rings is 2. The number of rotatable bonds is 7. The number of nitrogen functional groups attached to an aromatic ring is 1. The van der Waals surface area contributed by atoms with Crippen molar-refractivity contribution in [3.63, 3.8) is 0 Å². The van der Waals surface area contributed by atoms with Crippen LogP contribution < -0.4 is 5.73 Å². The second-order valence-electron chi connectivity index (χ2n) is 6.25. The molecule has 4 aromatic rings. The molecule has 15 heteroatoms. The molecule has 0 saturated heterocycles. The lowest BCUT2D eigenvalue weighted by Crippen LogP contribution is -2.03. The van der Waals surface area contributed by atoms with Gasteiger partial charge in [-0.15, -0.1) is 14.6 Å². The first-order chi connectivity index (χ1) is 15.3. The third-order valence-corrected chi connectivity index (χ3v) is 6.53. The second-order valence-corrected chi connectivity index (χ2v) is 9.46. The van der Waals surface area contributed by atoms with Crippen molar-refractivity contribution in [3.05, 3.63) is 48.2 Å². The molecule has 0 unspecified atom stereocenters. The van der Waals surface area contributed by atoms with Crippen LogP contribution in [0.5, 0.6) is 0 Å². The summed E-state index contributed by atoms with van der Waals surface area (Å²) in [4.78, 5) is 4.84. The third-order valence-electron chi connectivity index (χ3n) is 4.19. The normalized spacial score (nSPS) is 12.2. The SMILES string of the molecule is Cc1nn(-c2ccc(S(=O)(=O)O)cc2)c(N)c1N=Nc1nc2ccc(SOOO)cc2s1. The number of nitrogens with zero attached hydrogens (tertiary/aromatic N) is 5. The van der Waals surface area contributed by atoms with E-state index in [1.54, 1.807) is 25.1 Å². The summed E-state index contributed by atoms with van der Waals surface area (Å²) in [5, 5.41) is 24.9. The number of hydrogen-bond donors (Lipinski definition) is 3. The molecule has 0 atom stereocenters. The highest BCUT2D eigenvalue weighted by Gasteiger charge is 2.16. The molecule has 12 nitrogen and oxygen atoms in total. The summed E-state index contributed by atoms with van der Waals surface area (Å²) in [5.41, 5.74) is 8.22. The third kappa shape index (κ3) is 4.63. The molecule has 0 amide bonds. The van der Waals surface area contributed by atoms with Gasteiger partial charge in [0.2, 0.25) is 5.13 Å². The smallest absolute Gasteiger partial charge is 0.294 e. The van der Waals surface area contributed by atoms with Crippen molar-refractivity contribution < 1.29 is 27.6 Å². The molecule has 0 spiro atoms. The number of anilines is 1. The van der Waals surface area contributed by atoms with Crippen LogP contribution in [0.3, 0.4) is 0 Å². The number of azo groups is 1. The average Bonchev–Trinajstić information content (AvgIpc) is 3.29. The molecule has 2 aromatic heterocycles. The zero-order chi connectivity index (χ0) is 22.9. The monoisotopic (exact) mass is 494 g/mol. The summed E-state index contributed by atoms with van der Waals surface area (Å²) in [7, 11) is -4.30. The zero-order valence-corrected chi connectivity index (χ0v) is 18.6. The van der Waals surface area contributed by atoms with Crippen LogP contribution in [0.15, 0.2) is 62.5 Å². The number of nitrogens with two attached hydrogens (primary N) is 1. The van der Waals surface area contributed by atoms with Crippen molar-refractivity contribution >= 4 is 60.4 Å². The number of fused-ring (bicyclic) bond motifs is 1. The average molecular weight is 495 g/mol. The van der Waals surface area contributed by atoms with Crippen molar-refractivity contribution in [2.24, 2.45) is 10.2 Å². The molecule has 2 heterocycles. The lowest BCUT2D eigenvalue weighted by molar-refractivity contribution is -0.432. The van der Waals surface area contributed by atoms with Crippen LogP contribution in [-0.4, -0.2) is 33.0 Å². The Morgan fingerprint density at radius 2 is 1.94 bits per heavy atom. The quantitative estimate of drug-likeness (QED) is 0.109. The minimum Gasteiger partial charge on any atom is -0.382 e. The maximum atomic E-state index is 11.2. The van der Waals surface area contributed by atoms with Gasteiger partial charge < -0.3 is 5.73 Å². The van der Waals surface area contributed by atoms with Crippen LogP contribution in [0.25, 0.3) is 15.9 Å². The van der Waals surface area contributed by atoms with E-state index in [1.807, 2.05) is 0 Å². The van der Waals surface area contributed by atoms with Crippen molar-refractivity contribution in [2.75, 3.05) is 5.73 Å². The van der Waals surface area contributed by atoms with E-state index in [0.29, 0.717) is 32.6 Å². The Morgan fingerprint density at radius 1 is 1.19 bits per heavy atom. The van der Waals surface area contributed by atoms with Crippen molar-refractivity contribution in [1.29, 1.82) is 0 Å². The molecule has 32 heavy (non-hydrogen) atoms. The lowest BCUT2D eigenvalue weighted by atomic mass is 10.3. The van der Waals surface area contributed by atoms with Gasteiger partial charge in [0.25, 0.3) is 10.1 Å². The largest absolute Gasteiger partial charge is 0.382 e. The van der Waals surface area contributed by atoms with Crippen molar-refractivity contribution in [1.82, 2.24) is 14.8 Å². The highest BCUT2D eigenvalue weighted by Crippen LogP contribution is 2.35. The van der Waals surface area contributed by atoms with Gasteiger partial charge in [0.1, 0.15) is 0 Å². The van der Waals surface area contributed by atoms with Gasteiger partial charge in [-0.3, -0.25) is 4.55 Å². The fraction of sp³-hybridized carbons (Fsp3) is 0.0588. The Hall–Kier alpha value is -2.92. The Morgan fingerprint density at radius 3 is 2.62 bits per heavy atom. The second kappa shape index (κ2) is 8.91. The van der Waals surface area contributed by atoms with Crippen LogP contribution in [0, 0.1) is 6.92 Å². The first-order valence-corrected chi connectivity index (χ1v) is 11.7. The number of thiazole rings is 1. The highest BCUT2D eigenvalue weighted by atomic mass is 32.2. The molecule has 0 saturated carbocycles. The summed E-state index contributed by atoms with van der Waals surface area (Å²) in [5.74, 6) is 0.201. The summed E-state index contributed by atoms with van der Waals surface area (Å²) in [6.07, 6.45) is 0. The molecule has 4 rings (SSSR count). The molecule has 166 valence electrons. The summed E-state index contributed by atoms with van der Waals surface area (Å²) >= 11 is 2.13. The fourth-order valence-electron chi connectivity index (χ4n) is 2.75. The summed E-state index contributed by atoms with van der Waals surface area (Å²) in [6, 6.07) is 10.7. The van der Waals surface area contributed by atoms with Crippen LogP contribution in [0.1, 0.15) is 5.69 Å². The van der Waals surface area contributed by atoms with E-state index in [2.05, 4.69) is 29.7 Å². The maximum Gasteiger partial charge on any atom is 0.294 e. The zero-order valence-electron chi connectivity index (χ0n) is 16.1. The van der Waals surface area contributed by atoms with Gasteiger partial charge in [-0.25, -0.2) is 14.9 Å². The molecule has 0 aliphatic rings. The van der Waals surface area contributed by atoms with Gasteiger partial charge in [0.05, 0.1) is 38.5 Å². The molecular formula is C17H14N6O6S3. The molecule has 0 radical (unpaired) electrons. The van der Waals surface area contributed by atoms with Gasteiger partial charge in [0.15, 0.2) is 11.5 Å². The molecule has 0 aliphatic heterocycles. The fourth-order valence-corrected chi connectivity index (χ4v) is 4.53. The molecule has 2 aromatic carbocycles. The van der Waals surface area contributed by atoms with Gasteiger partial charge in [-0.2, -0.15) is 13.5 Å². The highest BCUT2D eigenvalue weighted by molar-refractivity contribution is 7.94. The molecule has 4 N–H and O–H groups in total. The number of aryl methyl sites for hydroxylation is 1. The minimum absolute atomic E-state index is 0.201. The minimum atomic E-state index is -4.30. The molecular weight excluding hydrogens is 480 g/mol.